The Morgan fingerprint density at radius 1 is 1.08 bits per heavy atom. The number of hydrogen-bond donors (Lipinski definition) is 1. The van der Waals surface area contributed by atoms with Crippen LogP contribution < -0.4 is 0 Å². The molecule has 1 aliphatic carbocycles. The third-order valence-electron chi connectivity index (χ3n) is 4.98. The van der Waals surface area contributed by atoms with Gasteiger partial charge in [0.25, 0.3) is 11.8 Å². The van der Waals surface area contributed by atoms with E-state index in [1.54, 1.807) is 12.1 Å². The first-order valence-corrected chi connectivity index (χ1v) is 8.41. The third-order valence-corrected chi connectivity index (χ3v) is 4.98. The Morgan fingerprint density at radius 3 is 2.33 bits per heavy atom. The standard InChI is InChI=1S/C18H21F2NO3/c19-18(20)6-7-21(11-18)16(22)14-8-13(9-15(10-14)17(23)24)12-4-2-1-3-5-12/h8-10,12H,1-7,11H2,(H,23,24). The molecule has 0 spiro atoms. The lowest BCUT2D eigenvalue weighted by atomic mass is 9.83. The third kappa shape index (κ3) is 3.57. The Balaban J connectivity index is 1.90. The van der Waals surface area contributed by atoms with Crippen molar-refractivity contribution in [3.05, 3.63) is 34.9 Å². The van der Waals surface area contributed by atoms with Gasteiger partial charge in [-0.1, -0.05) is 19.3 Å². The van der Waals surface area contributed by atoms with Gasteiger partial charge in [0.1, 0.15) is 0 Å². The summed E-state index contributed by atoms with van der Waals surface area (Å²) in [4.78, 5) is 25.1. The molecule has 1 aromatic carbocycles. The summed E-state index contributed by atoms with van der Waals surface area (Å²) in [6.45, 7) is -0.593. The van der Waals surface area contributed by atoms with Crippen LogP contribution in [0.4, 0.5) is 8.78 Å². The maximum atomic E-state index is 13.4. The smallest absolute Gasteiger partial charge is 0.335 e. The van der Waals surface area contributed by atoms with Crippen LogP contribution in [0, 0.1) is 0 Å². The molecule has 0 atom stereocenters. The van der Waals surface area contributed by atoms with Crippen molar-refractivity contribution < 1.29 is 23.5 Å². The summed E-state index contributed by atoms with van der Waals surface area (Å²) in [6, 6.07) is 4.61. The normalized spacial score (nSPS) is 21.0. The van der Waals surface area contributed by atoms with Crippen molar-refractivity contribution in [2.24, 2.45) is 0 Å². The van der Waals surface area contributed by atoms with Gasteiger partial charge in [0.15, 0.2) is 0 Å². The fourth-order valence-corrected chi connectivity index (χ4v) is 3.66. The molecule has 24 heavy (non-hydrogen) atoms. The van der Waals surface area contributed by atoms with Gasteiger partial charge in [-0.25, -0.2) is 13.6 Å². The summed E-state index contributed by atoms with van der Waals surface area (Å²) < 4.78 is 26.7. The van der Waals surface area contributed by atoms with E-state index < -0.39 is 24.3 Å². The molecule has 1 aromatic rings. The van der Waals surface area contributed by atoms with Gasteiger partial charge < -0.3 is 10.0 Å². The maximum Gasteiger partial charge on any atom is 0.335 e. The Labute approximate surface area is 139 Å². The van der Waals surface area contributed by atoms with Gasteiger partial charge in [0.2, 0.25) is 0 Å². The maximum absolute atomic E-state index is 13.4. The number of carboxylic acid groups (broad SMARTS) is 1. The van der Waals surface area contributed by atoms with Crippen molar-refractivity contribution in [3.8, 4) is 0 Å². The largest absolute Gasteiger partial charge is 0.478 e. The first-order chi connectivity index (χ1) is 11.4. The minimum absolute atomic E-state index is 0.00188. The van der Waals surface area contributed by atoms with E-state index >= 15 is 0 Å². The van der Waals surface area contributed by atoms with Crippen LogP contribution in [-0.2, 0) is 0 Å². The lowest BCUT2D eigenvalue weighted by Gasteiger charge is -2.23. The average molecular weight is 337 g/mol. The van der Waals surface area contributed by atoms with Crippen LogP contribution in [0.25, 0.3) is 0 Å². The van der Waals surface area contributed by atoms with Crippen molar-refractivity contribution in [1.82, 2.24) is 4.90 Å². The summed E-state index contributed by atoms with van der Waals surface area (Å²) >= 11 is 0. The van der Waals surface area contributed by atoms with Crippen LogP contribution in [0.3, 0.4) is 0 Å². The molecule has 1 saturated heterocycles. The molecule has 0 unspecified atom stereocenters. The van der Waals surface area contributed by atoms with E-state index in [0.29, 0.717) is 0 Å². The average Bonchev–Trinajstić information content (AvgIpc) is 2.94. The number of hydrogen-bond acceptors (Lipinski definition) is 2. The molecule has 1 aliphatic heterocycles. The molecule has 0 aromatic heterocycles. The summed E-state index contributed by atoms with van der Waals surface area (Å²) in [6.07, 6.45) is 4.95. The predicted molar refractivity (Wildman–Crippen MR) is 84.7 cm³/mol. The van der Waals surface area contributed by atoms with Gasteiger partial charge in [-0.05, 0) is 42.5 Å². The Morgan fingerprint density at radius 2 is 1.75 bits per heavy atom. The zero-order valence-electron chi connectivity index (χ0n) is 13.4. The molecule has 1 amide bonds. The summed E-state index contributed by atoms with van der Waals surface area (Å²) in [7, 11) is 0. The van der Waals surface area contributed by atoms with E-state index in [1.165, 1.54) is 12.5 Å². The van der Waals surface area contributed by atoms with Gasteiger partial charge in [-0.2, -0.15) is 0 Å². The molecule has 6 heteroatoms. The Kier molecular flexibility index (Phi) is 4.56. The molecule has 2 aliphatic rings. The monoisotopic (exact) mass is 337 g/mol. The van der Waals surface area contributed by atoms with Crippen LogP contribution in [0.2, 0.25) is 0 Å². The predicted octanol–water partition coefficient (Wildman–Crippen LogP) is 3.91. The van der Waals surface area contributed by atoms with Gasteiger partial charge >= 0.3 is 5.97 Å². The zero-order valence-corrected chi connectivity index (χ0v) is 13.4. The number of alkyl halides is 2. The number of likely N-dealkylation sites (tertiary alicyclic amines) is 1. The number of carbonyl (C=O) groups is 2. The number of aromatic carboxylic acids is 1. The molecule has 0 bridgehead atoms. The minimum Gasteiger partial charge on any atom is -0.478 e. The minimum atomic E-state index is -2.85. The SMILES string of the molecule is O=C(O)c1cc(C(=O)N2CCC(F)(F)C2)cc(C2CCCCC2)c1. The second kappa shape index (κ2) is 6.49. The highest BCUT2D eigenvalue weighted by molar-refractivity contribution is 5.98. The van der Waals surface area contributed by atoms with E-state index in [9.17, 15) is 23.5 Å². The number of carboxylic acids is 1. The van der Waals surface area contributed by atoms with Gasteiger partial charge in [-0.15, -0.1) is 0 Å². The lowest BCUT2D eigenvalue weighted by Crippen LogP contribution is -2.31. The van der Waals surface area contributed by atoms with Crippen molar-refractivity contribution in [2.75, 3.05) is 13.1 Å². The fourth-order valence-electron chi connectivity index (χ4n) is 3.66. The molecule has 130 valence electrons. The Hall–Kier alpha value is -1.98. The quantitative estimate of drug-likeness (QED) is 0.910. The lowest BCUT2D eigenvalue weighted by molar-refractivity contribution is 0.0120. The highest BCUT2D eigenvalue weighted by Crippen LogP contribution is 2.34. The van der Waals surface area contributed by atoms with Crippen molar-refractivity contribution in [3.63, 3.8) is 0 Å². The summed E-state index contributed by atoms with van der Waals surface area (Å²) in [5.41, 5.74) is 1.09. The zero-order chi connectivity index (χ0) is 17.3. The number of nitrogens with zero attached hydrogens (tertiary/aromatic N) is 1. The number of carbonyl (C=O) groups excluding carboxylic acids is 1. The van der Waals surface area contributed by atoms with Crippen LogP contribution in [0.15, 0.2) is 18.2 Å². The first kappa shape index (κ1) is 16.9. The molecule has 4 nitrogen and oxygen atoms in total. The fraction of sp³-hybridized carbons (Fsp3) is 0.556. The molecular weight excluding hydrogens is 316 g/mol. The number of halogens is 2. The molecule has 1 N–H and O–H groups in total. The highest BCUT2D eigenvalue weighted by Gasteiger charge is 2.40. The van der Waals surface area contributed by atoms with Gasteiger partial charge in [0.05, 0.1) is 12.1 Å². The summed E-state index contributed by atoms with van der Waals surface area (Å²) in [5, 5.41) is 9.32. The second-order valence-corrected chi connectivity index (χ2v) is 6.82. The molecule has 3 rings (SSSR count). The molecular formula is C18H21F2NO3. The van der Waals surface area contributed by atoms with Crippen molar-refractivity contribution in [1.29, 1.82) is 0 Å². The van der Waals surface area contributed by atoms with E-state index in [1.807, 2.05) is 0 Å². The van der Waals surface area contributed by atoms with Crippen molar-refractivity contribution in [2.45, 2.75) is 50.4 Å². The van der Waals surface area contributed by atoms with Gasteiger partial charge in [-0.3, -0.25) is 4.79 Å². The number of amides is 1. The number of benzene rings is 1. The first-order valence-electron chi connectivity index (χ1n) is 8.41. The van der Waals surface area contributed by atoms with Crippen LogP contribution in [-0.4, -0.2) is 40.9 Å². The van der Waals surface area contributed by atoms with E-state index in [2.05, 4.69) is 0 Å². The molecule has 0 radical (unpaired) electrons. The molecule has 1 saturated carbocycles. The Bertz CT molecular complexity index is 654. The highest BCUT2D eigenvalue weighted by atomic mass is 19.3. The number of rotatable bonds is 3. The van der Waals surface area contributed by atoms with Crippen molar-refractivity contribution >= 4 is 11.9 Å². The topological polar surface area (TPSA) is 57.6 Å². The second-order valence-electron chi connectivity index (χ2n) is 6.82. The van der Waals surface area contributed by atoms with Gasteiger partial charge in [0, 0.05) is 18.5 Å². The summed E-state index contributed by atoms with van der Waals surface area (Å²) in [5.74, 6) is -4.22. The van der Waals surface area contributed by atoms with Crippen LogP contribution in [0.1, 0.15) is 70.7 Å². The van der Waals surface area contributed by atoms with E-state index in [-0.39, 0.29) is 30.0 Å². The molecule has 2 fully saturated rings. The molecule has 1 heterocycles. The van der Waals surface area contributed by atoms with Crippen LogP contribution >= 0.6 is 0 Å². The van der Waals surface area contributed by atoms with E-state index in [0.717, 1.165) is 36.1 Å². The van der Waals surface area contributed by atoms with Crippen LogP contribution in [0.5, 0.6) is 0 Å². The van der Waals surface area contributed by atoms with E-state index in [4.69, 9.17) is 0 Å².